The summed E-state index contributed by atoms with van der Waals surface area (Å²) in [5.41, 5.74) is 1.10. The first-order valence-electron chi connectivity index (χ1n) is 7.22. The number of allylic oxidation sites excluding steroid dienone is 4. The van der Waals surface area contributed by atoms with Crippen molar-refractivity contribution in [2.24, 2.45) is 5.92 Å². The molecule has 1 aliphatic heterocycles. The predicted molar refractivity (Wildman–Crippen MR) is 87.9 cm³/mol. The molecule has 0 saturated carbocycles. The molecule has 0 spiro atoms. The van der Waals surface area contributed by atoms with E-state index in [0.717, 1.165) is 48.2 Å². The van der Waals surface area contributed by atoms with E-state index in [4.69, 9.17) is 11.6 Å². The number of piperazine rings is 1. The number of anilines is 1. The Bertz CT molecular complexity index is 635. The summed E-state index contributed by atoms with van der Waals surface area (Å²) < 4.78 is 14.2. The third kappa shape index (κ3) is 3.24. The molecule has 7 heteroatoms. The molecule has 3 rings (SSSR count). The van der Waals surface area contributed by atoms with Crippen LogP contribution < -0.4 is 4.90 Å². The molecule has 1 saturated heterocycles. The van der Waals surface area contributed by atoms with E-state index in [-0.39, 0.29) is 16.3 Å². The number of hydrogen-bond donors (Lipinski definition) is 0. The van der Waals surface area contributed by atoms with Gasteiger partial charge in [-0.3, -0.25) is 4.79 Å². The van der Waals surface area contributed by atoms with Gasteiger partial charge in [0.05, 0.1) is 5.92 Å². The van der Waals surface area contributed by atoms with Gasteiger partial charge < -0.3 is 9.80 Å². The van der Waals surface area contributed by atoms with Crippen LogP contribution in [-0.2, 0) is 4.79 Å². The molecular weight excluding hydrogens is 325 g/mol. The molecule has 4 nitrogen and oxygen atoms in total. The van der Waals surface area contributed by atoms with Crippen molar-refractivity contribution in [1.29, 1.82) is 0 Å². The Kier molecular flexibility index (Phi) is 4.61. The Morgan fingerprint density at radius 3 is 2.73 bits per heavy atom. The van der Waals surface area contributed by atoms with Crippen molar-refractivity contribution in [3.05, 3.63) is 29.1 Å². The number of hydrogen-bond acceptors (Lipinski definition) is 5. The Balaban J connectivity index is 1.76. The number of thiazole rings is 1. The zero-order valence-corrected chi connectivity index (χ0v) is 13.8. The number of carbonyl (C=O) groups is 1. The average molecular weight is 342 g/mol. The molecule has 0 N–H and O–H groups in total. The molecule has 0 amide bonds. The summed E-state index contributed by atoms with van der Waals surface area (Å²) in [6.45, 7) is 3.64. The number of likely N-dealkylation sites (N-methyl/N-ethyl adjacent to an activating group) is 1. The van der Waals surface area contributed by atoms with Gasteiger partial charge in [0.1, 0.15) is 5.69 Å². The maximum Gasteiger partial charge on any atom is 0.228 e. The van der Waals surface area contributed by atoms with Crippen LogP contribution in [0.1, 0.15) is 12.1 Å². The highest BCUT2D eigenvalue weighted by Crippen LogP contribution is 2.32. The van der Waals surface area contributed by atoms with Crippen LogP contribution in [0.2, 0.25) is 0 Å². The molecule has 2 aliphatic rings. The first-order valence-corrected chi connectivity index (χ1v) is 8.42. The molecule has 1 aromatic rings. The van der Waals surface area contributed by atoms with Crippen LogP contribution in [0, 0.1) is 11.0 Å². The van der Waals surface area contributed by atoms with Gasteiger partial charge in [0.25, 0.3) is 0 Å². The fourth-order valence-corrected chi connectivity index (χ4v) is 3.60. The first-order chi connectivity index (χ1) is 10.5. The highest BCUT2D eigenvalue weighted by Gasteiger charge is 2.23. The number of carbonyl (C=O) groups excluding carboxylic acids is 1. The summed E-state index contributed by atoms with van der Waals surface area (Å²) in [4.78, 5) is 20.0. The maximum absolute atomic E-state index is 14.2. The summed E-state index contributed by atoms with van der Waals surface area (Å²) in [6, 6.07) is 0. The molecule has 1 atom stereocenters. The number of rotatable bonds is 3. The van der Waals surface area contributed by atoms with Crippen LogP contribution in [0.5, 0.6) is 0 Å². The van der Waals surface area contributed by atoms with Gasteiger partial charge in [-0.05, 0) is 30.6 Å². The predicted octanol–water partition coefficient (Wildman–Crippen LogP) is 2.76. The highest BCUT2D eigenvalue weighted by molar-refractivity contribution is 7.14. The van der Waals surface area contributed by atoms with Crippen molar-refractivity contribution in [3.63, 3.8) is 0 Å². The van der Waals surface area contributed by atoms with Crippen LogP contribution >= 0.6 is 22.9 Å². The zero-order valence-electron chi connectivity index (χ0n) is 12.3. The van der Waals surface area contributed by atoms with Crippen molar-refractivity contribution in [1.82, 2.24) is 9.88 Å². The molecule has 0 bridgehead atoms. The summed E-state index contributed by atoms with van der Waals surface area (Å²) in [6.07, 6.45) is 5.78. The third-order valence-corrected chi connectivity index (χ3v) is 5.20. The monoisotopic (exact) mass is 341 g/mol. The number of aromatic nitrogens is 1. The summed E-state index contributed by atoms with van der Waals surface area (Å²) >= 11 is 6.57. The lowest BCUT2D eigenvalue weighted by molar-refractivity contribution is -0.113. The van der Waals surface area contributed by atoms with Crippen LogP contribution in [0.3, 0.4) is 0 Å². The fraction of sp³-hybridized carbons (Fsp3) is 0.467. The topological polar surface area (TPSA) is 36.4 Å². The van der Waals surface area contributed by atoms with E-state index in [2.05, 4.69) is 21.8 Å². The minimum absolute atomic E-state index is 0.277. The van der Waals surface area contributed by atoms with E-state index < -0.39 is 0 Å². The summed E-state index contributed by atoms with van der Waals surface area (Å²) in [5, 5.41) is 0.0642. The van der Waals surface area contributed by atoms with E-state index in [0.29, 0.717) is 12.1 Å². The van der Waals surface area contributed by atoms with Gasteiger partial charge >= 0.3 is 0 Å². The lowest BCUT2D eigenvalue weighted by atomic mass is 9.96. The SMILES string of the molecule is CN1CCN(c2nc(C3=CCC(C(=O)Cl)C=C3)c(F)s2)CC1. The first kappa shape index (κ1) is 15.6. The van der Waals surface area contributed by atoms with Gasteiger partial charge in [-0.25, -0.2) is 4.98 Å². The van der Waals surface area contributed by atoms with E-state index in [9.17, 15) is 9.18 Å². The Morgan fingerprint density at radius 1 is 1.41 bits per heavy atom. The van der Waals surface area contributed by atoms with Gasteiger partial charge in [-0.15, -0.1) is 0 Å². The zero-order chi connectivity index (χ0) is 15.7. The fourth-order valence-electron chi connectivity index (χ4n) is 2.57. The number of nitrogens with zero attached hydrogens (tertiary/aromatic N) is 3. The van der Waals surface area contributed by atoms with Gasteiger partial charge in [-0.2, -0.15) is 4.39 Å². The lowest BCUT2D eigenvalue weighted by Crippen LogP contribution is -2.44. The highest BCUT2D eigenvalue weighted by atomic mass is 35.5. The van der Waals surface area contributed by atoms with E-state index in [1.165, 1.54) is 0 Å². The van der Waals surface area contributed by atoms with Gasteiger partial charge in [-0.1, -0.05) is 29.6 Å². The van der Waals surface area contributed by atoms with Gasteiger partial charge in [0.15, 0.2) is 5.13 Å². The summed E-state index contributed by atoms with van der Waals surface area (Å²) in [7, 11) is 2.08. The molecule has 1 aromatic heterocycles. The van der Waals surface area contributed by atoms with Crippen LogP contribution in [0.25, 0.3) is 5.57 Å². The van der Waals surface area contributed by atoms with Crippen molar-refractivity contribution in [2.75, 3.05) is 38.1 Å². The van der Waals surface area contributed by atoms with E-state index in [1.54, 1.807) is 12.2 Å². The molecular formula is C15H17ClFN3OS. The van der Waals surface area contributed by atoms with Crippen molar-refractivity contribution >= 4 is 38.9 Å². The number of halogens is 2. The molecule has 0 radical (unpaired) electrons. The van der Waals surface area contributed by atoms with Gasteiger partial charge in [0.2, 0.25) is 10.4 Å². The molecule has 1 aliphatic carbocycles. The van der Waals surface area contributed by atoms with Crippen LogP contribution in [0.4, 0.5) is 9.52 Å². The molecule has 0 aromatic carbocycles. The largest absolute Gasteiger partial charge is 0.345 e. The molecule has 22 heavy (non-hydrogen) atoms. The maximum atomic E-state index is 14.2. The Hall–Kier alpha value is -1.24. The van der Waals surface area contributed by atoms with Crippen molar-refractivity contribution in [3.8, 4) is 0 Å². The molecule has 118 valence electrons. The minimum Gasteiger partial charge on any atom is -0.345 e. The standard InChI is InChI=1S/C15H17ClFN3OS/c1-19-6-8-20(9-7-19)15-18-12(14(17)22-15)10-2-4-11(5-3-10)13(16)21/h2-4,11H,5-9H2,1H3. The normalized spacial score (nSPS) is 22.8. The Morgan fingerprint density at radius 2 is 2.14 bits per heavy atom. The second-order valence-corrected chi connectivity index (χ2v) is 6.87. The average Bonchev–Trinajstić information content (AvgIpc) is 2.90. The Labute approximate surface area is 137 Å². The second kappa shape index (κ2) is 6.48. The van der Waals surface area contributed by atoms with Crippen molar-refractivity contribution < 1.29 is 9.18 Å². The van der Waals surface area contributed by atoms with E-state index in [1.807, 2.05) is 6.08 Å². The van der Waals surface area contributed by atoms with Crippen LogP contribution in [0.15, 0.2) is 18.2 Å². The molecule has 1 fully saturated rings. The third-order valence-electron chi connectivity index (χ3n) is 4.01. The molecule has 2 heterocycles. The second-order valence-electron chi connectivity index (χ2n) is 5.57. The summed E-state index contributed by atoms with van der Waals surface area (Å²) in [5.74, 6) is -0.316. The quantitative estimate of drug-likeness (QED) is 0.792. The lowest BCUT2D eigenvalue weighted by Gasteiger charge is -2.31. The minimum atomic E-state index is -0.386. The van der Waals surface area contributed by atoms with E-state index >= 15 is 0 Å². The smallest absolute Gasteiger partial charge is 0.228 e. The van der Waals surface area contributed by atoms with Crippen LogP contribution in [-0.4, -0.2) is 48.4 Å². The van der Waals surface area contributed by atoms with Crippen molar-refractivity contribution in [2.45, 2.75) is 6.42 Å². The van der Waals surface area contributed by atoms with Gasteiger partial charge in [0, 0.05) is 26.2 Å². The molecule has 1 unspecified atom stereocenters.